The monoisotopic (exact) mass is 413 g/mol. The van der Waals surface area contributed by atoms with Gasteiger partial charge in [0.15, 0.2) is 0 Å². The van der Waals surface area contributed by atoms with Crippen LogP contribution >= 0.6 is 0 Å². The number of ether oxygens (including phenoxy) is 1. The fourth-order valence-electron chi connectivity index (χ4n) is 3.84. The topological polar surface area (TPSA) is 73.2 Å². The molecule has 0 fully saturated rings. The highest BCUT2D eigenvalue weighted by Gasteiger charge is 2.14. The van der Waals surface area contributed by atoms with Crippen molar-refractivity contribution < 1.29 is 9.53 Å². The number of benzene rings is 2. The maximum absolute atomic E-state index is 13.0. The van der Waals surface area contributed by atoms with E-state index in [4.69, 9.17) is 4.74 Å². The molecule has 0 aliphatic heterocycles. The minimum atomic E-state index is -0.235. The number of rotatable bonds is 5. The molecule has 6 heteroatoms. The number of hydrogen-bond donors (Lipinski definition) is 1. The molecule has 1 N–H and O–H groups in total. The molecule has 0 aliphatic carbocycles. The van der Waals surface area contributed by atoms with Crippen LogP contribution in [0.1, 0.15) is 27.0 Å². The number of fused-ring (bicyclic) bond motifs is 1. The van der Waals surface area contributed by atoms with Gasteiger partial charge in [-0.15, -0.1) is 0 Å². The highest BCUT2D eigenvalue weighted by molar-refractivity contribution is 6.09. The van der Waals surface area contributed by atoms with Gasteiger partial charge in [-0.1, -0.05) is 12.1 Å². The second kappa shape index (κ2) is 8.44. The average Bonchev–Trinajstić information content (AvgIpc) is 2.76. The van der Waals surface area contributed by atoms with E-state index in [-0.39, 0.29) is 11.5 Å². The molecule has 0 radical (unpaired) electrons. The lowest BCUT2D eigenvalue weighted by atomic mass is 10.0. The van der Waals surface area contributed by atoms with Gasteiger partial charge in [-0.3, -0.25) is 14.6 Å². The number of amides is 1. The number of aryl methyl sites for hydroxylation is 2. The third-order valence-corrected chi connectivity index (χ3v) is 5.27. The Hall–Kier alpha value is -3.93. The van der Waals surface area contributed by atoms with Crippen molar-refractivity contribution in [1.82, 2.24) is 9.55 Å². The minimum Gasteiger partial charge on any atom is -0.496 e. The molecule has 31 heavy (non-hydrogen) atoms. The molecule has 0 saturated carbocycles. The Labute approximate surface area is 180 Å². The molecule has 4 aromatic rings. The fourth-order valence-corrected chi connectivity index (χ4v) is 3.84. The number of nitrogens with one attached hydrogen (secondary N) is 1. The normalized spacial score (nSPS) is 10.8. The number of nitrogens with zero attached hydrogens (tertiary/aromatic N) is 2. The van der Waals surface area contributed by atoms with E-state index in [1.165, 1.54) is 0 Å². The number of anilines is 1. The Kier molecular flexibility index (Phi) is 5.54. The molecule has 0 atom stereocenters. The number of aromatic nitrogens is 2. The molecule has 4 rings (SSSR count). The predicted molar refractivity (Wildman–Crippen MR) is 122 cm³/mol. The molecule has 0 bridgehead atoms. The van der Waals surface area contributed by atoms with E-state index in [2.05, 4.69) is 10.3 Å². The zero-order valence-electron chi connectivity index (χ0n) is 17.7. The summed E-state index contributed by atoms with van der Waals surface area (Å²) in [6.07, 6.45) is 5.19. The van der Waals surface area contributed by atoms with E-state index in [1.807, 2.05) is 32.0 Å². The molecule has 0 aliphatic rings. The zero-order valence-corrected chi connectivity index (χ0v) is 17.7. The molecule has 6 nitrogen and oxygen atoms in total. The lowest BCUT2D eigenvalue weighted by Gasteiger charge is -2.13. The molecular formula is C25H23N3O3. The lowest BCUT2D eigenvalue weighted by molar-refractivity contribution is 0.102. The van der Waals surface area contributed by atoms with Crippen molar-refractivity contribution in [3.05, 3.63) is 99.7 Å². The maximum atomic E-state index is 13.0. The summed E-state index contributed by atoms with van der Waals surface area (Å²) in [7, 11) is 1.62. The van der Waals surface area contributed by atoms with E-state index in [0.717, 1.165) is 22.4 Å². The first kappa shape index (κ1) is 20.3. The van der Waals surface area contributed by atoms with Crippen molar-refractivity contribution in [1.29, 1.82) is 0 Å². The second-order valence-corrected chi connectivity index (χ2v) is 7.47. The van der Waals surface area contributed by atoms with Crippen LogP contribution in [-0.2, 0) is 6.54 Å². The van der Waals surface area contributed by atoms with Gasteiger partial charge < -0.3 is 14.6 Å². The zero-order chi connectivity index (χ0) is 22.0. The summed E-state index contributed by atoms with van der Waals surface area (Å²) in [6, 6.07) is 14.6. The largest absolute Gasteiger partial charge is 0.496 e. The number of methoxy groups -OCH3 is 1. The Bertz CT molecular complexity index is 1300. The van der Waals surface area contributed by atoms with Crippen LogP contribution in [0, 0.1) is 13.8 Å². The SMILES string of the molecule is COc1c(C)cc(C(=O)Nc2cccc3c(=O)n(Cc4cccnc4)ccc23)cc1C. The Morgan fingerprint density at radius 3 is 2.52 bits per heavy atom. The third-order valence-electron chi connectivity index (χ3n) is 5.27. The molecule has 0 unspecified atom stereocenters. The van der Waals surface area contributed by atoms with Crippen molar-refractivity contribution >= 4 is 22.4 Å². The van der Waals surface area contributed by atoms with Gasteiger partial charge >= 0.3 is 0 Å². The van der Waals surface area contributed by atoms with Crippen LogP contribution in [0.5, 0.6) is 5.75 Å². The fraction of sp³-hybridized carbons (Fsp3) is 0.160. The molecule has 156 valence electrons. The summed E-state index contributed by atoms with van der Waals surface area (Å²) >= 11 is 0. The van der Waals surface area contributed by atoms with Crippen molar-refractivity contribution in [2.75, 3.05) is 12.4 Å². The summed E-state index contributed by atoms with van der Waals surface area (Å²) in [5.74, 6) is 0.539. The smallest absolute Gasteiger partial charge is 0.258 e. The van der Waals surface area contributed by atoms with E-state index in [9.17, 15) is 9.59 Å². The highest BCUT2D eigenvalue weighted by atomic mass is 16.5. The van der Waals surface area contributed by atoms with Gasteiger partial charge in [-0.2, -0.15) is 0 Å². The molecule has 0 spiro atoms. The van der Waals surface area contributed by atoms with E-state index in [0.29, 0.717) is 28.6 Å². The van der Waals surface area contributed by atoms with Gasteiger partial charge in [0.2, 0.25) is 0 Å². The molecule has 1 amide bonds. The Balaban J connectivity index is 1.67. The van der Waals surface area contributed by atoms with E-state index < -0.39 is 0 Å². The van der Waals surface area contributed by atoms with Crippen LogP contribution in [0.2, 0.25) is 0 Å². The van der Waals surface area contributed by atoms with E-state index >= 15 is 0 Å². The van der Waals surface area contributed by atoms with Crippen molar-refractivity contribution in [2.24, 2.45) is 0 Å². The van der Waals surface area contributed by atoms with Gasteiger partial charge in [-0.05, 0) is 66.9 Å². The summed E-state index contributed by atoms with van der Waals surface area (Å²) in [4.78, 5) is 30.0. The summed E-state index contributed by atoms with van der Waals surface area (Å²) in [5.41, 5.74) is 3.75. The summed E-state index contributed by atoms with van der Waals surface area (Å²) < 4.78 is 7.02. The molecule has 2 aromatic carbocycles. The van der Waals surface area contributed by atoms with Crippen molar-refractivity contribution in [3.8, 4) is 5.75 Å². The van der Waals surface area contributed by atoms with Crippen LogP contribution in [0.4, 0.5) is 5.69 Å². The van der Waals surface area contributed by atoms with Crippen LogP contribution in [-0.4, -0.2) is 22.6 Å². The van der Waals surface area contributed by atoms with Gasteiger partial charge in [0.05, 0.1) is 13.7 Å². The maximum Gasteiger partial charge on any atom is 0.258 e. The lowest BCUT2D eigenvalue weighted by Crippen LogP contribution is -2.21. The van der Waals surface area contributed by atoms with Crippen LogP contribution in [0.15, 0.2) is 71.9 Å². The molecule has 2 heterocycles. The van der Waals surface area contributed by atoms with Crippen LogP contribution in [0.25, 0.3) is 10.8 Å². The first-order valence-electron chi connectivity index (χ1n) is 9.95. The number of carbonyl (C=O) groups excluding carboxylic acids is 1. The molecule has 2 aromatic heterocycles. The van der Waals surface area contributed by atoms with Crippen LogP contribution in [0.3, 0.4) is 0 Å². The van der Waals surface area contributed by atoms with Crippen LogP contribution < -0.4 is 15.6 Å². The Morgan fingerprint density at radius 1 is 1.06 bits per heavy atom. The quantitative estimate of drug-likeness (QED) is 0.529. The Morgan fingerprint density at radius 2 is 1.84 bits per heavy atom. The highest BCUT2D eigenvalue weighted by Crippen LogP contribution is 2.26. The van der Waals surface area contributed by atoms with Crippen molar-refractivity contribution in [2.45, 2.75) is 20.4 Å². The second-order valence-electron chi connectivity index (χ2n) is 7.47. The number of pyridine rings is 2. The summed E-state index contributed by atoms with van der Waals surface area (Å²) in [5, 5.41) is 4.20. The van der Waals surface area contributed by atoms with Gasteiger partial charge in [0.25, 0.3) is 11.5 Å². The third kappa shape index (κ3) is 4.05. The van der Waals surface area contributed by atoms with Gasteiger partial charge in [0.1, 0.15) is 5.75 Å². The van der Waals surface area contributed by atoms with Gasteiger partial charge in [-0.25, -0.2) is 0 Å². The predicted octanol–water partition coefficient (Wildman–Crippen LogP) is 4.32. The minimum absolute atomic E-state index is 0.117. The average molecular weight is 413 g/mol. The first-order chi connectivity index (χ1) is 15.0. The van der Waals surface area contributed by atoms with E-state index in [1.54, 1.807) is 60.6 Å². The first-order valence-corrected chi connectivity index (χ1v) is 9.95. The van der Waals surface area contributed by atoms with Crippen molar-refractivity contribution in [3.63, 3.8) is 0 Å². The molecule has 0 saturated heterocycles. The number of hydrogen-bond acceptors (Lipinski definition) is 4. The summed E-state index contributed by atoms with van der Waals surface area (Å²) in [6.45, 7) is 4.25. The number of carbonyl (C=O) groups is 1. The van der Waals surface area contributed by atoms with Gasteiger partial charge in [0, 0.05) is 40.6 Å². The standard InChI is InChI=1S/C25H23N3O3/c1-16-12-19(13-17(2)23(16)31-3)24(29)27-22-8-4-7-21-20(22)9-11-28(25(21)30)15-18-6-5-10-26-14-18/h4-14H,15H2,1-3H3,(H,27,29). The molecular weight excluding hydrogens is 390 g/mol.